The Balaban J connectivity index is 1.98. The van der Waals surface area contributed by atoms with Crippen LogP contribution < -0.4 is 4.90 Å². The Bertz CT molecular complexity index is 785. The first-order valence-corrected chi connectivity index (χ1v) is 7.56. The molecule has 2 unspecified atom stereocenters. The number of halogens is 2. The van der Waals surface area contributed by atoms with E-state index in [9.17, 15) is 9.59 Å². The van der Waals surface area contributed by atoms with E-state index in [-0.39, 0.29) is 17.2 Å². The minimum Gasteiger partial charge on any atom is -0.415 e. The summed E-state index contributed by atoms with van der Waals surface area (Å²) in [4.78, 5) is 37.7. The quantitative estimate of drug-likeness (QED) is 0.606. The van der Waals surface area contributed by atoms with Crippen LogP contribution in [0.1, 0.15) is 29.3 Å². The van der Waals surface area contributed by atoms with E-state index < -0.39 is 23.9 Å². The van der Waals surface area contributed by atoms with Gasteiger partial charge in [-0.15, -0.1) is 0 Å². The van der Waals surface area contributed by atoms with Crippen LogP contribution in [-0.2, 0) is 9.47 Å². The Morgan fingerprint density at radius 2 is 2.04 bits per heavy atom. The number of hydrogen-bond acceptors (Lipinski definition) is 7. The summed E-state index contributed by atoms with van der Waals surface area (Å²) in [6.45, 7) is 1.45. The molecule has 0 N–H and O–H groups in total. The van der Waals surface area contributed by atoms with E-state index in [0.29, 0.717) is 5.02 Å². The Labute approximate surface area is 146 Å². The largest absolute Gasteiger partial charge is 0.512 e. The van der Waals surface area contributed by atoms with Gasteiger partial charge in [-0.1, -0.05) is 23.2 Å². The van der Waals surface area contributed by atoms with Crippen LogP contribution in [0.25, 0.3) is 0 Å². The monoisotopic (exact) mass is 368 g/mol. The van der Waals surface area contributed by atoms with E-state index in [2.05, 4.69) is 15.0 Å². The van der Waals surface area contributed by atoms with Gasteiger partial charge in [-0.2, -0.15) is 0 Å². The lowest BCUT2D eigenvalue weighted by molar-refractivity contribution is 0.0187. The van der Waals surface area contributed by atoms with Crippen LogP contribution in [0.15, 0.2) is 30.7 Å². The minimum absolute atomic E-state index is 0.0611. The number of anilines is 1. The van der Waals surface area contributed by atoms with Gasteiger partial charge in [-0.25, -0.2) is 19.7 Å². The molecule has 1 aliphatic heterocycles. The van der Waals surface area contributed by atoms with Crippen molar-refractivity contribution in [2.75, 3.05) is 4.90 Å². The summed E-state index contributed by atoms with van der Waals surface area (Å²) in [5.41, 5.74) is -0.651. The van der Waals surface area contributed by atoms with E-state index in [4.69, 9.17) is 32.7 Å². The first-order chi connectivity index (χ1) is 11.5. The summed E-state index contributed by atoms with van der Waals surface area (Å²) >= 11 is 11.4. The van der Waals surface area contributed by atoms with E-state index in [1.54, 1.807) is 6.07 Å². The first kappa shape index (κ1) is 16.4. The van der Waals surface area contributed by atoms with Crippen LogP contribution in [0.3, 0.4) is 0 Å². The second-order valence-corrected chi connectivity index (χ2v) is 5.73. The summed E-state index contributed by atoms with van der Waals surface area (Å²) in [6, 6.07) is 3.06. The molecule has 0 bridgehead atoms. The maximum Gasteiger partial charge on any atom is 0.512 e. The Morgan fingerprint density at radius 1 is 1.29 bits per heavy atom. The molecule has 24 heavy (non-hydrogen) atoms. The molecule has 0 fully saturated rings. The van der Waals surface area contributed by atoms with Crippen molar-refractivity contribution in [1.82, 2.24) is 15.0 Å². The average molecular weight is 369 g/mol. The molecule has 124 valence electrons. The molecule has 3 heterocycles. The van der Waals surface area contributed by atoms with Crippen molar-refractivity contribution < 1.29 is 19.1 Å². The van der Waals surface area contributed by atoms with Crippen LogP contribution in [0.4, 0.5) is 10.6 Å². The molecule has 0 aromatic carbocycles. The predicted octanol–water partition coefficient (Wildman–Crippen LogP) is 2.92. The molecule has 2 atom stereocenters. The number of fused-ring (bicyclic) bond motifs is 1. The zero-order valence-electron chi connectivity index (χ0n) is 12.2. The number of rotatable bonds is 3. The Kier molecular flexibility index (Phi) is 4.50. The smallest absolute Gasteiger partial charge is 0.415 e. The molecule has 0 aliphatic carbocycles. The number of carbonyl (C=O) groups excluding carboxylic acids is 2. The molecule has 0 saturated carbocycles. The van der Waals surface area contributed by atoms with Gasteiger partial charge in [-0.3, -0.25) is 9.78 Å². The van der Waals surface area contributed by atoms with Gasteiger partial charge < -0.3 is 9.47 Å². The van der Waals surface area contributed by atoms with E-state index >= 15 is 0 Å². The van der Waals surface area contributed by atoms with E-state index in [1.807, 2.05) is 0 Å². The number of hydrogen-bond donors (Lipinski definition) is 0. The third-order valence-corrected chi connectivity index (χ3v) is 3.35. The van der Waals surface area contributed by atoms with Crippen molar-refractivity contribution in [3.05, 3.63) is 47.1 Å². The predicted molar refractivity (Wildman–Crippen MR) is 83.7 cm³/mol. The van der Waals surface area contributed by atoms with Gasteiger partial charge >= 0.3 is 6.16 Å². The molecular weight excluding hydrogens is 359 g/mol. The summed E-state index contributed by atoms with van der Waals surface area (Å²) in [6.07, 6.45) is 1.90. The van der Waals surface area contributed by atoms with Crippen LogP contribution in [-0.4, -0.2) is 32.6 Å². The normalized spacial score (nSPS) is 17.4. The number of aromatic nitrogens is 3. The fourth-order valence-corrected chi connectivity index (χ4v) is 2.32. The molecule has 10 heteroatoms. The molecule has 0 spiro atoms. The fraction of sp³-hybridized carbons (Fsp3) is 0.214. The molecule has 8 nitrogen and oxygen atoms in total. The second kappa shape index (κ2) is 6.58. The van der Waals surface area contributed by atoms with E-state index in [0.717, 1.165) is 4.90 Å². The van der Waals surface area contributed by atoms with Crippen LogP contribution >= 0.6 is 23.2 Å². The van der Waals surface area contributed by atoms with Gasteiger partial charge in [-0.05, 0) is 19.1 Å². The van der Waals surface area contributed by atoms with Crippen molar-refractivity contribution in [1.29, 1.82) is 0 Å². The van der Waals surface area contributed by atoms with Crippen LogP contribution in [0.5, 0.6) is 0 Å². The zero-order chi connectivity index (χ0) is 17.3. The lowest BCUT2D eigenvalue weighted by Gasteiger charge is -2.23. The molecule has 1 aliphatic rings. The number of carbonyl (C=O) groups is 2. The molecular formula is C14H10Cl2N4O4. The molecule has 3 rings (SSSR count). The van der Waals surface area contributed by atoms with Gasteiger partial charge in [0.15, 0.2) is 11.3 Å². The SMILES string of the molecule is CC(Cl)OC(=O)OC1c2nccnc2C(=O)N1c1ccc(Cl)cn1. The molecule has 0 saturated heterocycles. The number of ether oxygens (including phenoxy) is 2. The van der Waals surface area contributed by atoms with Crippen molar-refractivity contribution in [2.24, 2.45) is 0 Å². The van der Waals surface area contributed by atoms with Gasteiger partial charge in [0.05, 0.1) is 5.02 Å². The van der Waals surface area contributed by atoms with Gasteiger partial charge in [0.2, 0.25) is 6.23 Å². The van der Waals surface area contributed by atoms with Crippen molar-refractivity contribution in [2.45, 2.75) is 18.7 Å². The lowest BCUT2D eigenvalue weighted by atomic mass is 10.3. The number of alkyl halides is 1. The lowest BCUT2D eigenvalue weighted by Crippen LogP contribution is -2.32. The number of amides is 1. The highest BCUT2D eigenvalue weighted by molar-refractivity contribution is 6.30. The van der Waals surface area contributed by atoms with Gasteiger partial charge in [0.1, 0.15) is 11.5 Å². The summed E-state index contributed by atoms with van der Waals surface area (Å²) in [5, 5.41) is 0.395. The highest BCUT2D eigenvalue weighted by Crippen LogP contribution is 2.35. The average Bonchev–Trinajstić information content (AvgIpc) is 2.81. The van der Waals surface area contributed by atoms with Crippen LogP contribution in [0, 0.1) is 0 Å². The van der Waals surface area contributed by atoms with Gasteiger partial charge in [0.25, 0.3) is 5.91 Å². The third-order valence-electron chi connectivity index (χ3n) is 3.04. The first-order valence-electron chi connectivity index (χ1n) is 6.74. The Morgan fingerprint density at radius 3 is 2.71 bits per heavy atom. The highest BCUT2D eigenvalue weighted by atomic mass is 35.5. The minimum atomic E-state index is -1.17. The third kappa shape index (κ3) is 3.10. The standard InChI is InChI=1S/C14H10Cl2N4O4/c1-7(15)23-14(22)24-13-11-10(17-4-5-18-11)12(21)20(13)9-3-2-8(16)6-19-9/h2-7,13H,1H3. The molecule has 2 aromatic rings. The maximum atomic E-state index is 12.6. The second-order valence-electron chi connectivity index (χ2n) is 4.68. The molecule has 0 radical (unpaired) electrons. The maximum absolute atomic E-state index is 12.6. The van der Waals surface area contributed by atoms with Crippen molar-refractivity contribution in [3.8, 4) is 0 Å². The Hall–Kier alpha value is -2.45. The summed E-state index contributed by atoms with van der Waals surface area (Å²) in [5.74, 6) is -0.287. The molecule has 1 amide bonds. The zero-order valence-corrected chi connectivity index (χ0v) is 13.7. The summed E-state index contributed by atoms with van der Waals surface area (Å²) in [7, 11) is 0. The molecule has 2 aromatic heterocycles. The topological polar surface area (TPSA) is 94.5 Å². The van der Waals surface area contributed by atoms with E-state index in [1.165, 1.54) is 31.6 Å². The fourth-order valence-electron chi connectivity index (χ4n) is 2.13. The van der Waals surface area contributed by atoms with Crippen molar-refractivity contribution >= 4 is 41.1 Å². The highest BCUT2D eigenvalue weighted by Gasteiger charge is 2.44. The van der Waals surface area contributed by atoms with Crippen LogP contribution in [0.2, 0.25) is 5.02 Å². The number of pyridine rings is 1. The number of nitrogens with zero attached hydrogens (tertiary/aromatic N) is 4. The van der Waals surface area contributed by atoms with Gasteiger partial charge in [0, 0.05) is 18.6 Å². The van der Waals surface area contributed by atoms with Crippen molar-refractivity contribution in [3.63, 3.8) is 0 Å². The summed E-state index contributed by atoms with van der Waals surface area (Å²) < 4.78 is 9.94.